The van der Waals surface area contributed by atoms with E-state index in [0.29, 0.717) is 6.42 Å². The first-order chi connectivity index (χ1) is 10.8. The SMILES string of the molecule is CCCCCCCCC(=O)N/N=C/c1c[nH]c2ccccc12. The van der Waals surface area contributed by atoms with Crippen LogP contribution in [0.15, 0.2) is 35.6 Å². The molecule has 0 saturated heterocycles. The molecule has 0 fully saturated rings. The highest BCUT2D eigenvalue weighted by atomic mass is 16.2. The van der Waals surface area contributed by atoms with E-state index in [-0.39, 0.29) is 5.91 Å². The summed E-state index contributed by atoms with van der Waals surface area (Å²) in [6.07, 6.45) is 11.3. The molecule has 0 aliphatic heterocycles. The number of rotatable bonds is 9. The molecule has 0 aliphatic rings. The molecule has 0 aliphatic carbocycles. The maximum absolute atomic E-state index is 11.7. The topological polar surface area (TPSA) is 57.2 Å². The van der Waals surface area contributed by atoms with Crippen molar-refractivity contribution in [2.24, 2.45) is 5.10 Å². The number of H-pyrrole nitrogens is 1. The molecule has 0 bridgehead atoms. The Morgan fingerprint density at radius 3 is 2.82 bits per heavy atom. The molecule has 4 heteroatoms. The maximum Gasteiger partial charge on any atom is 0.240 e. The molecular weight excluding hydrogens is 274 g/mol. The molecule has 4 nitrogen and oxygen atoms in total. The summed E-state index contributed by atoms with van der Waals surface area (Å²) in [6.45, 7) is 2.21. The molecule has 118 valence electrons. The van der Waals surface area contributed by atoms with E-state index in [0.717, 1.165) is 29.3 Å². The highest BCUT2D eigenvalue weighted by Crippen LogP contribution is 2.15. The quantitative estimate of drug-likeness (QED) is 0.403. The van der Waals surface area contributed by atoms with Gasteiger partial charge in [0, 0.05) is 29.1 Å². The number of nitrogens with zero attached hydrogens (tertiary/aromatic N) is 1. The van der Waals surface area contributed by atoms with Gasteiger partial charge in [-0.1, -0.05) is 57.2 Å². The fraction of sp³-hybridized carbons (Fsp3) is 0.444. The summed E-state index contributed by atoms with van der Waals surface area (Å²) >= 11 is 0. The number of carbonyl (C=O) groups excluding carboxylic acids is 1. The van der Waals surface area contributed by atoms with Gasteiger partial charge in [-0.15, -0.1) is 0 Å². The number of fused-ring (bicyclic) bond motifs is 1. The van der Waals surface area contributed by atoms with E-state index in [4.69, 9.17) is 0 Å². The largest absolute Gasteiger partial charge is 0.361 e. The number of carbonyl (C=O) groups is 1. The molecule has 0 spiro atoms. The Hall–Kier alpha value is -2.10. The van der Waals surface area contributed by atoms with Gasteiger partial charge in [-0.3, -0.25) is 4.79 Å². The normalized spacial score (nSPS) is 11.3. The van der Waals surface area contributed by atoms with Crippen LogP contribution in [-0.4, -0.2) is 17.1 Å². The first-order valence-corrected chi connectivity index (χ1v) is 8.19. The smallest absolute Gasteiger partial charge is 0.240 e. The van der Waals surface area contributed by atoms with E-state index < -0.39 is 0 Å². The van der Waals surface area contributed by atoms with Crippen LogP contribution in [0.25, 0.3) is 10.9 Å². The molecule has 0 radical (unpaired) electrons. The number of benzene rings is 1. The Bertz CT molecular complexity index is 616. The van der Waals surface area contributed by atoms with Crippen molar-refractivity contribution in [3.05, 3.63) is 36.0 Å². The van der Waals surface area contributed by atoms with Gasteiger partial charge >= 0.3 is 0 Å². The number of aromatic amines is 1. The minimum atomic E-state index is -0.00779. The monoisotopic (exact) mass is 299 g/mol. The Morgan fingerprint density at radius 1 is 1.18 bits per heavy atom. The average molecular weight is 299 g/mol. The highest BCUT2D eigenvalue weighted by molar-refractivity contribution is 5.99. The maximum atomic E-state index is 11.7. The van der Waals surface area contributed by atoms with E-state index in [9.17, 15) is 4.79 Å². The van der Waals surface area contributed by atoms with Crippen molar-refractivity contribution in [2.45, 2.75) is 51.9 Å². The summed E-state index contributed by atoms with van der Waals surface area (Å²) in [4.78, 5) is 14.9. The third-order valence-corrected chi connectivity index (χ3v) is 3.77. The summed E-state index contributed by atoms with van der Waals surface area (Å²) < 4.78 is 0. The molecule has 2 rings (SSSR count). The summed E-state index contributed by atoms with van der Waals surface area (Å²) in [7, 11) is 0. The van der Waals surface area contributed by atoms with Gasteiger partial charge in [-0.2, -0.15) is 5.10 Å². The van der Waals surface area contributed by atoms with Crippen LogP contribution < -0.4 is 5.43 Å². The van der Waals surface area contributed by atoms with Crippen molar-refractivity contribution in [2.75, 3.05) is 0 Å². The van der Waals surface area contributed by atoms with Crippen LogP contribution in [0.2, 0.25) is 0 Å². The molecule has 1 aromatic heterocycles. The van der Waals surface area contributed by atoms with Crippen LogP contribution in [0.3, 0.4) is 0 Å². The minimum absolute atomic E-state index is 0.00779. The standard InChI is InChI=1S/C18H25N3O/c1-2-3-4-5-6-7-12-18(22)21-20-14-15-13-19-17-11-9-8-10-16(15)17/h8-11,13-14,19H,2-7,12H2,1H3,(H,21,22)/b20-14+. The second kappa shape index (κ2) is 9.03. The van der Waals surface area contributed by atoms with E-state index in [1.54, 1.807) is 6.21 Å². The minimum Gasteiger partial charge on any atom is -0.361 e. The van der Waals surface area contributed by atoms with Crippen LogP contribution in [0, 0.1) is 0 Å². The summed E-state index contributed by atoms with van der Waals surface area (Å²) in [5, 5.41) is 5.16. The van der Waals surface area contributed by atoms with Crippen LogP contribution in [0.1, 0.15) is 57.4 Å². The number of hydrazone groups is 1. The van der Waals surface area contributed by atoms with E-state index >= 15 is 0 Å². The number of amides is 1. The number of unbranched alkanes of at least 4 members (excludes halogenated alkanes) is 5. The van der Waals surface area contributed by atoms with Crippen molar-refractivity contribution in [1.82, 2.24) is 10.4 Å². The second-order valence-corrected chi connectivity index (χ2v) is 5.60. The molecule has 0 atom stereocenters. The lowest BCUT2D eigenvalue weighted by molar-refractivity contribution is -0.121. The number of para-hydroxylation sites is 1. The Balaban J connectivity index is 1.70. The molecule has 1 aromatic carbocycles. The van der Waals surface area contributed by atoms with Crippen LogP contribution in [0.5, 0.6) is 0 Å². The summed E-state index contributed by atoms with van der Waals surface area (Å²) in [6, 6.07) is 8.03. The van der Waals surface area contributed by atoms with Gasteiger partial charge in [-0.25, -0.2) is 5.43 Å². The van der Waals surface area contributed by atoms with E-state index in [1.165, 1.54) is 25.7 Å². The van der Waals surface area contributed by atoms with Gasteiger partial charge in [-0.05, 0) is 12.5 Å². The molecule has 2 aromatic rings. The Labute approximate surface area is 132 Å². The molecule has 1 heterocycles. The molecule has 0 unspecified atom stereocenters. The second-order valence-electron chi connectivity index (χ2n) is 5.60. The summed E-state index contributed by atoms with van der Waals surface area (Å²) in [5.74, 6) is -0.00779. The van der Waals surface area contributed by atoms with Crippen LogP contribution >= 0.6 is 0 Å². The summed E-state index contributed by atoms with van der Waals surface area (Å²) in [5.41, 5.74) is 4.66. The zero-order chi connectivity index (χ0) is 15.6. The van der Waals surface area contributed by atoms with Crippen molar-refractivity contribution in [3.8, 4) is 0 Å². The lowest BCUT2D eigenvalue weighted by Crippen LogP contribution is -2.16. The first kappa shape index (κ1) is 16.3. The lowest BCUT2D eigenvalue weighted by atomic mass is 10.1. The van der Waals surface area contributed by atoms with Gasteiger partial charge in [0.1, 0.15) is 0 Å². The van der Waals surface area contributed by atoms with Crippen molar-refractivity contribution in [3.63, 3.8) is 0 Å². The Kier molecular flexibility index (Phi) is 6.68. The number of hydrogen-bond acceptors (Lipinski definition) is 2. The zero-order valence-corrected chi connectivity index (χ0v) is 13.3. The third-order valence-electron chi connectivity index (χ3n) is 3.77. The van der Waals surface area contributed by atoms with Crippen molar-refractivity contribution < 1.29 is 4.79 Å². The van der Waals surface area contributed by atoms with E-state index in [2.05, 4.69) is 22.4 Å². The van der Waals surface area contributed by atoms with Gasteiger partial charge in [0.2, 0.25) is 5.91 Å². The van der Waals surface area contributed by atoms with Gasteiger partial charge < -0.3 is 4.98 Å². The molecule has 0 saturated carbocycles. The Morgan fingerprint density at radius 2 is 1.95 bits per heavy atom. The van der Waals surface area contributed by atoms with Crippen molar-refractivity contribution in [1.29, 1.82) is 0 Å². The fourth-order valence-electron chi connectivity index (χ4n) is 2.50. The van der Waals surface area contributed by atoms with Gasteiger partial charge in [0.25, 0.3) is 0 Å². The number of nitrogens with one attached hydrogen (secondary N) is 2. The number of hydrogen-bond donors (Lipinski definition) is 2. The molecule has 1 amide bonds. The van der Waals surface area contributed by atoms with Crippen LogP contribution in [-0.2, 0) is 4.79 Å². The zero-order valence-electron chi connectivity index (χ0n) is 13.3. The molecule has 2 N–H and O–H groups in total. The average Bonchev–Trinajstić information content (AvgIpc) is 2.94. The fourth-order valence-corrected chi connectivity index (χ4v) is 2.50. The predicted octanol–water partition coefficient (Wildman–Crippen LogP) is 4.37. The molecular formula is C18H25N3O. The van der Waals surface area contributed by atoms with Gasteiger partial charge in [0.15, 0.2) is 0 Å². The third kappa shape index (κ3) is 5.02. The van der Waals surface area contributed by atoms with Crippen molar-refractivity contribution >= 4 is 23.0 Å². The van der Waals surface area contributed by atoms with Gasteiger partial charge in [0.05, 0.1) is 6.21 Å². The van der Waals surface area contributed by atoms with E-state index in [1.807, 2.05) is 30.5 Å². The highest BCUT2D eigenvalue weighted by Gasteiger charge is 2.01. The number of aromatic nitrogens is 1. The molecule has 22 heavy (non-hydrogen) atoms. The van der Waals surface area contributed by atoms with Crippen LogP contribution in [0.4, 0.5) is 0 Å². The predicted molar refractivity (Wildman–Crippen MR) is 92.0 cm³/mol. The first-order valence-electron chi connectivity index (χ1n) is 8.19. The lowest BCUT2D eigenvalue weighted by Gasteiger charge is -2.00.